The van der Waals surface area contributed by atoms with E-state index < -0.39 is 17.8 Å². The van der Waals surface area contributed by atoms with Crippen LogP contribution < -0.4 is 25.8 Å². The van der Waals surface area contributed by atoms with E-state index in [2.05, 4.69) is 15.6 Å². The number of nitrogens with one attached hydrogen (secondary N) is 3. The van der Waals surface area contributed by atoms with E-state index in [-0.39, 0.29) is 34.3 Å². The van der Waals surface area contributed by atoms with Gasteiger partial charge >= 0.3 is 5.97 Å². The molecule has 2 aromatic carbocycles. The summed E-state index contributed by atoms with van der Waals surface area (Å²) in [7, 11) is 2.67. The average Bonchev–Trinajstić information content (AvgIpc) is 3.51. The Bertz CT molecular complexity index is 1800. The number of esters is 1. The fraction of sp³-hybridized carbons (Fsp3) is 0.219. The molecule has 0 unspecified atom stereocenters. The van der Waals surface area contributed by atoms with E-state index in [1.54, 1.807) is 36.4 Å². The minimum Gasteiger partial charge on any atom is -0.496 e. The number of nitrogen functional groups attached to an aromatic ring is 1. The first kappa shape index (κ1) is 30.2. The highest BCUT2D eigenvalue weighted by atomic mass is 32.1. The minimum absolute atomic E-state index is 0.0379. The topological polar surface area (TPSA) is 166 Å². The molecule has 2 aromatic heterocycles. The predicted octanol–water partition coefficient (Wildman–Crippen LogP) is 5.09. The van der Waals surface area contributed by atoms with Crippen LogP contribution in [0.2, 0.25) is 0 Å². The van der Waals surface area contributed by atoms with Gasteiger partial charge in [-0.15, -0.1) is 11.3 Å². The SMILES string of the molecule is COC(=O)c1nc(C(=O)NCC(C)C)ccc1-c1cc2c(cc1C(=O)Nc1ccc(C(=N)N)c(OC)c1)-c1sccc1CO2. The highest BCUT2D eigenvalue weighted by Crippen LogP contribution is 2.44. The number of anilines is 1. The van der Waals surface area contributed by atoms with E-state index in [9.17, 15) is 14.4 Å². The maximum atomic E-state index is 14.0. The number of benzene rings is 2. The summed E-state index contributed by atoms with van der Waals surface area (Å²) in [5.74, 6) is -0.790. The maximum Gasteiger partial charge on any atom is 0.357 e. The molecule has 2 amide bonds. The third-order valence-corrected chi connectivity index (χ3v) is 7.95. The molecule has 0 fully saturated rings. The van der Waals surface area contributed by atoms with Crippen LogP contribution in [0, 0.1) is 11.3 Å². The number of nitrogens with two attached hydrogens (primary N) is 1. The fourth-order valence-electron chi connectivity index (χ4n) is 4.76. The van der Waals surface area contributed by atoms with E-state index in [0.29, 0.717) is 41.5 Å². The third kappa shape index (κ3) is 5.97. The van der Waals surface area contributed by atoms with Crippen LogP contribution in [0.25, 0.3) is 21.6 Å². The Morgan fingerprint density at radius 2 is 1.82 bits per heavy atom. The van der Waals surface area contributed by atoms with Crippen molar-refractivity contribution in [3.05, 3.63) is 82.0 Å². The molecule has 3 heterocycles. The van der Waals surface area contributed by atoms with Crippen molar-refractivity contribution in [2.24, 2.45) is 11.7 Å². The fourth-order valence-corrected chi connectivity index (χ4v) is 5.69. The zero-order valence-corrected chi connectivity index (χ0v) is 25.4. The monoisotopic (exact) mass is 613 g/mol. The number of thiophene rings is 1. The van der Waals surface area contributed by atoms with Gasteiger partial charge in [0.15, 0.2) is 5.69 Å². The molecule has 0 atom stereocenters. The summed E-state index contributed by atoms with van der Waals surface area (Å²) in [5.41, 5.74) is 8.96. The lowest BCUT2D eigenvalue weighted by Gasteiger charge is -2.22. The Hall–Kier alpha value is -5.23. The summed E-state index contributed by atoms with van der Waals surface area (Å²) >= 11 is 1.54. The first-order valence-corrected chi connectivity index (χ1v) is 14.6. The van der Waals surface area contributed by atoms with Gasteiger partial charge in [0.1, 0.15) is 29.6 Å². The van der Waals surface area contributed by atoms with Crippen molar-refractivity contribution in [3.8, 4) is 33.1 Å². The first-order chi connectivity index (χ1) is 21.1. The molecule has 12 heteroatoms. The largest absolute Gasteiger partial charge is 0.496 e. The lowest BCUT2D eigenvalue weighted by Crippen LogP contribution is -2.28. The van der Waals surface area contributed by atoms with Crippen molar-refractivity contribution in [2.75, 3.05) is 26.1 Å². The number of carbonyl (C=O) groups is 3. The minimum atomic E-state index is -0.770. The van der Waals surface area contributed by atoms with Crippen LogP contribution in [-0.4, -0.2) is 49.4 Å². The van der Waals surface area contributed by atoms with Crippen LogP contribution in [0.5, 0.6) is 11.5 Å². The van der Waals surface area contributed by atoms with Crippen molar-refractivity contribution >= 4 is 40.6 Å². The van der Waals surface area contributed by atoms with E-state index >= 15 is 0 Å². The van der Waals surface area contributed by atoms with Crippen molar-refractivity contribution in [1.82, 2.24) is 10.3 Å². The molecule has 226 valence electrons. The number of carbonyl (C=O) groups excluding carboxylic acids is 3. The molecule has 0 aliphatic carbocycles. The molecule has 11 nitrogen and oxygen atoms in total. The zero-order chi connectivity index (χ0) is 31.5. The zero-order valence-electron chi connectivity index (χ0n) is 24.6. The number of aromatic nitrogens is 1. The van der Waals surface area contributed by atoms with Gasteiger partial charge in [0.25, 0.3) is 11.8 Å². The number of pyridine rings is 1. The van der Waals surface area contributed by atoms with Crippen LogP contribution in [-0.2, 0) is 11.3 Å². The Morgan fingerprint density at radius 3 is 2.52 bits per heavy atom. The number of fused-ring (bicyclic) bond motifs is 3. The highest BCUT2D eigenvalue weighted by molar-refractivity contribution is 7.13. The van der Waals surface area contributed by atoms with E-state index in [1.807, 2.05) is 25.3 Å². The molecule has 5 rings (SSSR count). The van der Waals surface area contributed by atoms with E-state index in [4.69, 9.17) is 25.4 Å². The smallest absolute Gasteiger partial charge is 0.357 e. The molecule has 0 saturated carbocycles. The summed E-state index contributed by atoms with van der Waals surface area (Å²) in [6.45, 7) is 4.73. The number of hydrogen-bond acceptors (Lipinski definition) is 9. The molecule has 4 aromatic rings. The summed E-state index contributed by atoms with van der Waals surface area (Å²) in [6, 6.07) is 13.2. The second-order valence-electron chi connectivity index (χ2n) is 10.4. The maximum absolute atomic E-state index is 14.0. The second kappa shape index (κ2) is 12.6. The molecule has 0 spiro atoms. The van der Waals surface area contributed by atoms with Crippen molar-refractivity contribution in [2.45, 2.75) is 20.5 Å². The number of ether oxygens (including phenoxy) is 3. The van der Waals surface area contributed by atoms with Crippen molar-refractivity contribution in [1.29, 1.82) is 5.41 Å². The number of nitrogens with zero attached hydrogens (tertiary/aromatic N) is 1. The van der Waals surface area contributed by atoms with Crippen LogP contribution in [0.1, 0.15) is 56.3 Å². The predicted molar refractivity (Wildman–Crippen MR) is 168 cm³/mol. The van der Waals surface area contributed by atoms with Crippen LogP contribution in [0.3, 0.4) is 0 Å². The Kier molecular flexibility index (Phi) is 8.63. The summed E-state index contributed by atoms with van der Waals surface area (Å²) in [6.07, 6.45) is 0. The van der Waals surface area contributed by atoms with Gasteiger partial charge in [-0.2, -0.15) is 0 Å². The van der Waals surface area contributed by atoms with Gasteiger partial charge in [0.05, 0.1) is 19.8 Å². The standard InChI is InChI=1S/C32H31N5O6S/c1-16(2)14-35-31(39)24-8-7-19(27(37-24)32(40)42-4)21-13-26-23(28-17(15-43-26)9-10-44-28)12-22(21)30(38)36-18-5-6-20(29(33)34)25(11-18)41-3/h5-13,16H,14-15H2,1-4H3,(H3,33,34)(H,35,39)(H,36,38). The summed E-state index contributed by atoms with van der Waals surface area (Å²) in [5, 5.41) is 15.4. The Morgan fingerprint density at radius 1 is 1.02 bits per heavy atom. The van der Waals surface area contributed by atoms with Gasteiger partial charge in [-0.05, 0) is 53.8 Å². The third-order valence-electron chi connectivity index (χ3n) is 6.96. The second-order valence-corrected chi connectivity index (χ2v) is 11.3. The first-order valence-electron chi connectivity index (χ1n) is 13.7. The average molecular weight is 614 g/mol. The molecule has 1 aliphatic heterocycles. The van der Waals surface area contributed by atoms with Gasteiger partial charge < -0.3 is 30.6 Å². The van der Waals surface area contributed by atoms with E-state index in [0.717, 1.165) is 16.0 Å². The summed E-state index contributed by atoms with van der Waals surface area (Å²) < 4.78 is 16.5. The van der Waals surface area contributed by atoms with Gasteiger partial charge in [0.2, 0.25) is 0 Å². The molecule has 0 saturated heterocycles. The quantitative estimate of drug-likeness (QED) is 0.115. The molecule has 44 heavy (non-hydrogen) atoms. The highest BCUT2D eigenvalue weighted by Gasteiger charge is 2.28. The van der Waals surface area contributed by atoms with Crippen LogP contribution >= 0.6 is 11.3 Å². The van der Waals surface area contributed by atoms with Gasteiger partial charge in [-0.25, -0.2) is 9.78 Å². The normalized spacial score (nSPS) is 11.6. The molecular formula is C32H31N5O6S. The van der Waals surface area contributed by atoms with E-state index in [1.165, 1.54) is 31.6 Å². The van der Waals surface area contributed by atoms with Crippen LogP contribution in [0.4, 0.5) is 5.69 Å². The Balaban J connectivity index is 1.64. The number of amides is 2. The summed E-state index contributed by atoms with van der Waals surface area (Å²) in [4.78, 5) is 45.1. The lowest BCUT2D eigenvalue weighted by atomic mass is 9.92. The lowest BCUT2D eigenvalue weighted by molar-refractivity contribution is 0.0594. The van der Waals surface area contributed by atoms with Gasteiger partial charge in [-0.3, -0.25) is 15.0 Å². The molecule has 1 aliphatic rings. The number of methoxy groups -OCH3 is 2. The molecular weight excluding hydrogens is 582 g/mol. The molecule has 0 bridgehead atoms. The number of hydrogen-bond donors (Lipinski definition) is 4. The van der Waals surface area contributed by atoms with Crippen molar-refractivity contribution < 1.29 is 28.6 Å². The van der Waals surface area contributed by atoms with Gasteiger partial charge in [0, 0.05) is 51.0 Å². The molecule has 5 N–H and O–H groups in total. The van der Waals surface area contributed by atoms with Crippen molar-refractivity contribution in [3.63, 3.8) is 0 Å². The van der Waals surface area contributed by atoms with Crippen LogP contribution in [0.15, 0.2) is 53.9 Å². The Labute approximate surface area is 257 Å². The molecule has 0 radical (unpaired) electrons. The van der Waals surface area contributed by atoms with Gasteiger partial charge in [-0.1, -0.05) is 13.8 Å². The number of amidine groups is 1. The number of rotatable bonds is 9.